The van der Waals surface area contributed by atoms with Crippen LogP contribution in [0.1, 0.15) is 19.4 Å². The summed E-state index contributed by atoms with van der Waals surface area (Å²) >= 11 is 4.77. The van der Waals surface area contributed by atoms with Gasteiger partial charge in [-0.1, -0.05) is 32.1 Å². The second-order valence-electron chi connectivity index (χ2n) is 4.77. The van der Waals surface area contributed by atoms with Gasteiger partial charge in [0.25, 0.3) is 0 Å². The maximum atomic E-state index is 12.6. The average Bonchev–Trinajstić information content (AvgIpc) is 2.34. The number of hydrogen-bond donors (Lipinski definition) is 2. The predicted molar refractivity (Wildman–Crippen MR) is 77.2 cm³/mol. The van der Waals surface area contributed by atoms with Crippen molar-refractivity contribution in [1.29, 1.82) is 0 Å². The van der Waals surface area contributed by atoms with E-state index in [1.165, 1.54) is 0 Å². The molecule has 21 heavy (non-hydrogen) atoms. The molecule has 0 saturated carbocycles. The predicted octanol–water partition coefficient (Wildman–Crippen LogP) is 2.29. The molecule has 0 fully saturated rings. The third-order valence-electron chi connectivity index (χ3n) is 2.73. The van der Waals surface area contributed by atoms with Gasteiger partial charge in [0.1, 0.15) is 0 Å². The molecule has 0 aliphatic carbocycles. The van der Waals surface area contributed by atoms with Gasteiger partial charge in [-0.25, -0.2) is 13.1 Å². The summed E-state index contributed by atoms with van der Waals surface area (Å²) in [5.41, 5.74) is 4.41. The minimum atomic E-state index is -4.62. The van der Waals surface area contributed by atoms with Crippen LogP contribution in [-0.2, 0) is 16.2 Å². The number of nitrogens with two attached hydrogens (primary N) is 1. The monoisotopic (exact) mass is 340 g/mol. The van der Waals surface area contributed by atoms with Crippen molar-refractivity contribution in [3.05, 3.63) is 29.8 Å². The Hall–Kier alpha value is -1.19. The molecule has 1 rings (SSSR count). The van der Waals surface area contributed by atoms with Gasteiger partial charge < -0.3 is 5.73 Å². The summed E-state index contributed by atoms with van der Waals surface area (Å²) in [4.78, 5) is -0.556. The van der Waals surface area contributed by atoms with Crippen molar-refractivity contribution in [2.75, 3.05) is 0 Å². The first-order chi connectivity index (χ1) is 9.45. The SMILES string of the molecule is CC(C)C(NS(=O)(=O)c1cccc(C(F)(F)F)c1)C(N)=S. The van der Waals surface area contributed by atoms with Crippen LogP contribution < -0.4 is 10.5 Å². The van der Waals surface area contributed by atoms with Gasteiger partial charge in [-0.15, -0.1) is 0 Å². The number of sulfonamides is 1. The fraction of sp³-hybridized carbons (Fsp3) is 0.417. The van der Waals surface area contributed by atoms with Gasteiger partial charge in [0.15, 0.2) is 0 Å². The Kier molecular flexibility index (Phi) is 5.35. The van der Waals surface area contributed by atoms with Crippen LogP contribution in [0.15, 0.2) is 29.2 Å². The first-order valence-corrected chi connectivity index (χ1v) is 7.83. The highest BCUT2D eigenvalue weighted by Gasteiger charge is 2.32. The smallest absolute Gasteiger partial charge is 0.392 e. The van der Waals surface area contributed by atoms with Crippen LogP contribution >= 0.6 is 12.2 Å². The molecule has 0 radical (unpaired) electrons. The lowest BCUT2D eigenvalue weighted by atomic mass is 10.1. The van der Waals surface area contributed by atoms with Crippen molar-refractivity contribution in [2.45, 2.75) is 31.0 Å². The van der Waals surface area contributed by atoms with Crippen LogP contribution in [0.5, 0.6) is 0 Å². The largest absolute Gasteiger partial charge is 0.416 e. The second-order valence-corrected chi connectivity index (χ2v) is 6.96. The third kappa shape index (κ3) is 4.65. The average molecular weight is 340 g/mol. The Balaban J connectivity index is 3.17. The van der Waals surface area contributed by atoms with E-state index in [1.54, 1.807) is 13.8 Å². The Morgan fingerprint density at radius 1 is 1.33 bits per heavy atom. The highest BCUT2D eigenvalue weighted by Crippen LogP contribution is 2.30. The van der Waals surface area contributed by atoms with E-state index in [2.05, 4.69) is 4.72 Å². The van der Waals surface area contributed by atoms with E-state index in [0.29, 0.717) is 6.07 Å². The number of rotatable bonds is 5. The van der Waals surface area contributed by atoms with Crippen LogP contribution in [0.3, 0.4) is 0 Å². The Labute approximate surface area is 126 Å². The molecule has 0 saturated heterocycles. The van der Waals surface area contributed by atoms with Crippen molar-refractivity contribution in [3.8, 4) is 0 Å². The number of halogens is 3. The molecule has 3 N–H and O–H groups in total. The lowest BCUT2D eigenvalue weighted by Crippen LogP contribution is -2.46. The summed E-state index contributed by atoms with van der Waals surface area (Å²) in [6, 6.07) is 2.64. The van der Waals surface area contributed by atoms with Gasteiger partial charge in [-0.3, -0.25) is 0 Å². The first kappa shape index (κ1) is 17.9. The Morgan fingerprint density at radius 3 is 2.33 bits per heavy atom. The van der Waals surface area contributed by atoms with Crippen LogP contribution in [0.25, 0.3) is 0 Å². The molecule has 1 atom stereocenters. The fourth-order valence-electron chi connectivity index (χ4n) is 1.60. The van der Waals surface area contributed by atoms with Gasteiger partial charge in [-0.05, 0) is 24.1 Å². The molecule has 0 bridgehead atoms. The maximum Gasteiger partial charge on any atom is 0.416 e. The van der Waals surface area contributed by atoms with Crippen LogP contribution in [0.4, 0.5) is 13.2 Å². The molecule has 0 aliphatic heterocycles. The lowest BCUT2D eigenvalue weighted by Gasteiger charge is -2.21. The molecule has 1 aromatic carbocycles. The van der Waals surface area contributed by atoms with E-state index in [1.807, 2.05) is 0 Å². The standard InChI is InChI=1S/C12H15F3N2O2S2/c1-7(2)10(11(16)20)17-21(18,19)9-5-3-4-8(6-9)12(13,14)15/h3-7,10,17H,1-2H3,(H2,16,20). The zero-order chi connectivity index (χ0) is 16.4. The Morgan fingerprint density at radius 2 is 1.90 bits per heavy atom. The van der Waals surface area contributed by atoms with Crippen molar-refractivity contribution in [3.63, 3.8) is 0 Å². The molecule has 4 nitrogen and oxygen atoms in total. The molecule has 1 aromatic rings. The minimum Gasteiger partial charge on any atom is -0.392 e. The van der Waals surface area contributed by atoms with Crippen molar-refractivity contribution >= 4 is 27.2 Å². The lowest BCUT2D eigenvalue weighted by molar-refractivity contribution is -0.137. The number of thiocarbonyl (C=S) groups is 1. The third-order valence-corrected chi connectivity index (χ3v) is 4.42. The van der Waals surface area contributed by atoms with Gasteiger partial charge in [-0.2, -0.15) is 13.2 Å². The van der Waals surface area contributed by atoms with E-state index in [4.69, 9.17) is 18.0 Å². The Bertz CT molecular complexity index is 628. The van der Waals surface area contributed by atoms with Crippen molar-refractivity contribution in [1.82, 2.24) is 4.72 Å². The molecule has 1 unspecified atom stereocenters. The molecule has 9 heteroatoms. The topological polar surface area (TPSA) is 72.2 Å². The molecule has 0 amide bonds. The number of hydrogen-bond acceptors (Lipinski definition) is 3. The fourth-order valence-corrected chi connectivity index (χ4v) is 3.41. The van der Waals surface area contributed by atoms with Gasteiger partial charge in [0, 0.05) is 0 Å². The normalized spacial score (nSPS) is 14.2. The summed E-state index contributed by atoms with van der Waals surface area (Å²) in [6.07, 6.45) is -4.62. The zero-order valence-electron chi connectivity index (χ0n) is 11.3. The van der Waals surface area contributed by atoms with E-state index >= 15 is 0 Å². The number of nitrogens with one attached hydrogen (secondary N) is 1. The molecule has 0 aromatic heterocycles. The summed E-state index contributed by atoms with van der Waals surface area (Å²) < 4.78 is 64.4. The van der Waals surface area contributed by atoms with Gasteiger partial charge >= 0.3 is 6.18 Å². The van der Waals surface area contributed by atoms with Crippen molar-refractivity contribution in [2.24, 2.45) is 11.7 Å². The number of benzene rings is 1. The first-order valence-electron chi connectivity index (χ1n) is 5.94. The van der Waals surface area contributed by atoms with E-state index in [0.717, 1.165) is 18.2 Å². The summed E-state index contributed by atoms with van der Waals surface area (Å²) in [5, 5.41) is 0. The zero-order valence-corrected chi connectivity index (χ0v) is 12.9. The second kappa shape index (κ2) is 6.29. The maximum absolute atomic E-state index is 12.6. The van der Waals surface area contributed by atoms with Gasteiger partial charge in [0.05, 0.1) is 21.5 Å². The molecule has 118 valence electrons. The molecule has 0 spiro atoms. The van der Waals surface area contributed by atoms with Crippen LogP contribution in [0, 0.1) is 5.92 Å². The van der Waals surface area contributed by atoms with Gasteiger partial charge in [0.2, 0.25) is 10.0 Å². The van der Waals surface area contributed by atoms with E-state index < -0.39 is 32.7 Å². The minimum absolute atomic E-state index is 0.0689. The summed E-state index contributed by atoms with van der Waals surface area (Å²) in [7, 11) is -4.15. The highest BCUT2D eigenvalue weighted by atomic mass is 32.2. The summed E-state index contributed by atoms with van der Waals surface area (Å²) in [5.74, 6) is -0.233. The van der Waals surface area contributed by atoms with Crippen molar-refractivity contribution < 1.29 is 21.6 Å². The number of alkyl halides is 3. The summed E-state index contributed by atoms with van der Waals surface area (Å²) in [6.45, 7) is 3.39. The van der Waals surface area contributed by atoms with Crippen LogP contribution in [0.2, 0.25) is 0 Å². The highest BCUT2D eigenvalue weighted by molar-refractivity contribution is 7.89. The van der Waals surface area contributed by atoms with E-state index in [-0.39, 0.29) is 10.9 Å². The molecular weight excluding hydrogens is 325 g/mol. The quantitative estimate of drug-likeness (QED) is 0.807. The molecule has 0 heterocycles. The van der Waals surface area contributed by atoms with E-state index in [9.17, 15) is 21.6 Å². The van der Waals surface area contributed by atoms with Crippen LogP contribution in [-0.4, -0.2) is 19.4 Å². The molecule has 0 aliphatic rings. The molecular formula is C12H15F3N2O2S2.